The zero-order valence-electron chi connectivity index (χ0n) is 10.7. The number of anilines is 1. The van der Waals surface area contributed by atoms with E-state index in [1.165, 1.54) is 25.2 Å². The van der Waals surface area contributed by atoms with Crippen LogP contribution >= 0.6 is 0 Å². The molecular formula is C12H22N4. The van der Waals surface area contributed by atoms with Crippen molar-refractivity contribution in [2.45, 2.75) is 26.3 Å². The summed E-state index contributed by atoms with van der Waals surface area (Å²) in [6, 6.07) is 2.68. The first-order valence-corrected chi connectivity index (χ1v) is 6.02. The monoisotopic (exact) mass is 222 g/mol. The Hall–Kier alpha value is -1.03. The Morgan fingerprint density at radius 1 is 1.44 bits per heavy atom. The Bertz CT molecular complexity index is 338. The Kier molecular flexibility index (Phi) is 3.19. The van der Waals surface area contributed by atoms with Gasteiger partial charge in [-0.25, -0.2) is 0 Å². The lowest BCUT2D eigenvalue weighted by molar-refractivity contribution is 0.206. The molecule has 1 aliphatic rings. The molecule has 1 saturated heterocycles. The van der Waals surface area contributed by atoms with Gasteiger partial charge in [0.1, 0.15) is 5.82 Å². The van der Waals surface area contributed by atoms with E-state index in [1.807, 2.05) is 11.7 Å². The van der Waals surface area contributed by atoms with Crippen molar-refractivity contribution in [2.24, 2.45) is 13.0 Å². The highest BCUT2D eigenvalue weighted by Crippen LogP contribution is 2.19. The van der Waals surface area contributed by atoms with Crippen molar-refractivity contribution in [3.05, 3.63) is 11.8 Å². The van der Waals surface area contributed by atoms with E-state index in [1.54, 1.807) is 0 Å². The summed E-state index contributed by atoms with van der Waals surface area (Å²) in [7, 11) is 4.18. The van der Waals surface area contributed by atoms with Gasteiger partial charge in [0.25, 0.3) is 0 Å². The Morgan fingerprint density at radius 2 is 2.19 bits per heavy atom. The van der Waals surface area contributed by atoms with Crippen molar-refractivity contribution in [3.63, 3.8) is 0 Å². The second kappa shape index (κ2) is 4.45. The Balaban J connectivity index is 1.99. The van der Waals surface area contributed by atoms with Gasteiger partial charge in [-0.3, -0.25) is 4.68 Å². The number of nitrogens with one attached hydrogen (secondary N) is 1. The van der Waals surface area contributed by atoms with Crippen molar-refractivity contribution in [1.82, 2.24) is 14.7 Å². The summed E-state index contributed by atoms with van der Waals surface area (Å²) < 4.78 is 1.92. The predicted molar refractivity (Wildman–Crippen MR) is 66.6 cm³/mol. The highest BCUT2D eigenvalue weighted by Gasteiger charge is 2.24. The summed E-state index contributed by atoms with van der Waals surface area (Å²) in [6.45, 7) is 6.73. The van der Waals surface area contributed by atoms with Crippen molar-refractivity contribution in [2.75, 3.05) is 25.5 Å². The van der Waals surface area contributed by atoms with Gasteiger partial charge in [-0.1, -0.05) is 6.92 Å². The Labute approximate surface area is 97.6 Å². The Morgan fingerprint density at radius 3 is 2.75 bits per heavy atom. The van der Waals surface area contributed by atoms with E-state index in [-0.39, 0.29) is 0 Å². The lowest BCUT2D eigenvalue weighted by atomic mass is 9.94. The van der Waals surface area contributed by atoms with Crippen LogP contribution in [0.5, 0.6) is 0 Å². The van der Waals surface area contributed by atoms with Crippen LogP contribution in [0.2, 0.25) is 0 Å². The largest absolute Gasteiger partial charge is 0.365 e. The van der Waals surface area contributed by atoms with Gasteiger partial charge in [0, 0.05) is 31.4 Å². The highest BCUT2D eigenvalue weighted by atomic mass is 15.3. The summed E-state index contributed by atoms with van der Waals surface area (Å²) in [6.07, 6.45) is 1.20. The van der Waals surface area contributed by atoms with Gasteiger partial charge >= 0.3 is 0 Å². The van der Waals surface area contributed by atoms with Gasteiger partial charge in [-0.2, -0.15) is 5.10 Å². The minimum atomic E-state index is 0.561. The van der Waals surface area contributed by atoms with E-state index < -0.39 is 0 Å². The van der Waals surface area contributed by atoms with Crippen LogP contribution in [-0.4, -0.2) is 40.9 Å². The van der Waals surface area contributed by atoms with Crippen molar-refractivity contribution in [3.8, 4) is 0 Å². The number of likely N-dealkylation sites (tertiary alicyclic amines) is 1. The summed E-state index contributed by atoms with van der Waals surface area (Å²) in [5.41, 5.74) is 1.20. The maximum absolute atomic E-state index is 4.45. The molecule has 90 valence electrons. The molecular weight excluding hydrogens is 200 g/mol. The molecule has 4 heteroatoms. The summed E-state index contributed by atoms with van der Waals surface area (Å²) in [5.74, 6) is 1.70. The van der Waals surface area contributed by atoms with Gasteiger partial charge < -0.3 is 10.2 Å². The number of nitrogens with zero attached hydrogens (tertiary/aromatic N) is 3. The molecule has 4 nitrogen and oxygen atoms in total. The number of aryl methyl sites for hydroxylation is 2. The molecule has 1 N–H and O–H groups in total. The molecule has 1 aromatic heterocycles. The summed E-state index contributed by atoms with van der Waals surface area (Å²) in [4.78, 5) is 2.40. The van der Waals surface area contributed by atoms with Gasteiger partial charge in [0.2, 0.25) is 0 Å². The maximum atomic E-state index is 4.45. The second-order valence-corrected chi connectivity index (χ2v) is 5.07. The van der Waals surface area contributed by atoms with E-state index in [2.05, 4.69) is 42.3 Å². The molecule has 1 aliphatic heterocycles. The maximum Gasteiger partial charge on any atom is 0.148 e. The zero-order valence-corrected chi connectivity index (χ0v) is 10.7. The van der Waals surface area contributed by atoms with E-state index in [0.717, 1.165) is 5.82 Å². The molecule has 0 spiro atoms. The SMILES string of the molecule is Cc1cc(NC2CCN(C)CC2C)nn1C. The van der Waals surface area contributed by atoms with Crippen LogP contribution in [0.25, 0.3) is 0 Å². The standard InChI is InChI=1S/C12H22N4/c1-9-8-15(3)6-5-11(9)13-12-7-10(2)16(4)14-12/h7,9,11H,5-6,8H2,1-4H3,(H,13,14). The van der Waals surface area contributed by atoms with Gasteiger partial charge in [-0.05, 0) is 32.9 Å². The molecule has 0 bridgehead atoms. The number of rotatable bonds is 2. The zero-order chi connectivity index (χ0) is 11.7. The molecule has 0 amide bonds. The van der Waals surface area contributed by atoms with Crippen molar-refractivity contribution in [1.29, 1.82) is 0 Å². The average molecular weight is 222 g/mol. The molecule has 2 unspecified atom stereocenters. The molecule has 0 aliphatic carbocycles. The fourth-order valence-corrected chi connectivity index (χ4v) is 2.39. The molecule has 1 aromatic rings. The molecule has 2 atom stereocenters. The number of piperidine rings is 1. The van der Waals surface area contributed by atoms with Crippen LogP contribution in [0.1, 0.15) is 19.0 Å². The molecule has 16 heavy (non-hydrogen) atoms. The van der Waals surface area contributed by atoms with Crippen LogP contribution in [0.15, 0.2) is 6.07 Å². The highest BCUT2D eigenvalue weighted by molar-refractivity contribution is 5.37. The van der Waals surface area contributed by atoms with E-state index in [4.69, 9.17) is 0 Å². The minimum absolute atomic E-state index is 0.561. The minimum Gasteiger partial charge on any atom is -0.365 e. The predicted octanol–water partition coefficient (Wildman–Crippen LogP) is 1.48. The fraction of sp³-hybridized carbons (Fsp3) is 0.750. The lowest BCUT2D eigenvalue weighted by Crippen LogP contribution is -2.43. The van der Waals surface area contributed by atoms with E-state index >= 15 is 0 Å². The first-order valence-electron chi connectivity index (χ1n) is 6.02. The number of hydrogen-bond acceptors (Lipinski definition) is 3. The third kappa shape index (κ3) is 2.38. The van der Waals surface area contributed by atoms with E-state index in [9.17, 15) is 0 Å². The average Bonchev–Trinajstić information content (AvgIpc) is 2.51. The molecule has 1 fully saturated rings. The third-order valence-corrected chi connectivity index (χ3v) is 3.56. The van der Waals surface area contributed by atoms with E-state index in [0.29, 0.717) is 12.0 Å². The van der Waals surface area contributed by atoms with Crippen LogP contribution < -0.4 is 5.32 Å². The molecule has 2 heterocycles. The van der Waals surface area contributed by atoms with Gasteiger partial charge in [-0.15, -0.1) is 0 Å². The smallest absolute Gasteiger partial charge is 0.148 e. The fourth-order valence-electron chi connectivity index (χ4n) is 2.39. The topological polar surface area (TPSA) is 33.1 Å². The van der Waals surface area contributed by atoms with Crippen LogP contribution in [0.4, 0.5) is 5.82 Å². The van der Waals surface area contributed by atoms with Gasteiger partial charge in [0.15, 0.2) is 0 Å². The number of aromatic nitrogens is 2. The first-order chi connectivity index (χ1) is 7.56. The summed E-state index contributed by atoms with van der Waals surface area (Å²) in [5, 5.41) is 8.00. The second-order valence-electron chi connectivity index (χ2n) is 5.07. The summed E-state index contributed by atoms with van der Waals surface area (Å²) >= 11 is 0. The molecule has 2 rings (SSSR count). The first kappa shape index (κ1) is 11.5. The number of hydrogen-bond donors (Lipinski definition) is 1. The molecule has 0 saturated carbocycles. The van der Waals surface area contributed by atoms with Crippen LogP contribution in [0, 0.1) is 12.8 Å². The lowest BCUT2D eigenvalue weighted by Gasteiger charge is -2.35. The molecule has 0 aromatic carbocycles. The van der Waals surface area contributed by atoms with Crippen molar-refractivity contribution < 1.29 is 0 Å². The van der Waals surface area contributed by atoms with Crippen LogP contribution in [-0.2, 0) is 7.05 Å². The normalized spacial score (nSPS) is 27.0. The molecule has 0 radical (unpaired) electrons. The third-order valence-electron chi connectivity index (χ3n) is 3.56. The van der Waals surface area contributed by atoms with Gasteiger partial charge in [0.05, 0.1) is 0 Å². The van der Waals surface area contributed by atoms with Crippen LogP contribution in [0.3, 0.4) is 0 Å². The van der Waals surface area contributed by atoms with Crippen molar-refractivity contribution >= 4 is 5.82 Å². The quantitative estimate of drug-likeness (QED) is 0.823.